The van der Waals surface area contributed by atoms with E-state index >= 15 is 0 Å². The molecule has 1 unspecified atom stereocenters. The number of carbonyl (C=O) groups is 1. The van der Waals surface area contributed by atoms with Crippen molar-refractivity contribution in [1.82, 2.24) is 0 Å². The average molecular weight is 573 g/mol. The van der Waals surface area contributed by atoms with Crippen molar-refractivity contribution in [3.05, 3.63) is 72.5 Å². The molecule has 156 valence electrons. The molecule has 8 heteroatoms. The minimum absolute atomic E-state index is 0.187. The summed E-state index contributed by atoms with van der Waals surface area (Å²) in [5, 5.41) is 9.98. The molecule has 0 aliphatic heterocycles. The number of carbonyl (C=O) groups excluding carboxylic acids is 1. The van der Waals surface area contributed by atoms with Crippen LogP contribution in [0.2, 0.25) is 0 Å². The third kappa shape index (κ3) is 20.8. The first-order chi connectivity index (χ1) is 13.5. The third-order valence-electron chi connectivity index (χ3n) is 2.81. The number of benzene rings is 2. The van der Waals surface area contributed by atoms with E-state index in [2.05, 4.69) is 72.9 Å². The van der Waals surface area contributed by atoms with E-state index in [0.717, 1.165) is 6.08 Å². The van der Waals surface area contributed by atoms with E-state index in [9.17, 15) is 9.90 Å². The molecule has 0 N–H and O–H groups in total. The van der Waals surface area contributed by atoms with Crippen LogP contribution in [0.3, 0.4) is 0 Å². The summed E-state index contributed by atoms with van der Waals surface area (Å²) in [6.07, 6.45) is 1.06. The zero-order valence-corrected chi connectivity index (χ0v) is 23.3. The summed E-state index contributed by atoms with van der Waals surface area (Å²) < 4.78 is 6.07. The molecule has 0 fully saturated rings. The van der Waals surface area contributed by atoms with Gasteiger partial charge in [0, 0.05) is 0 Å². The van der Waals surface area contributed by atoms with Gasteiger partial charge in [0.05, 0.1) is 6.61 Å². The van der Waals surface area contributed by atoms with Crippen LogP contribution in [0.1, 0.15) is 27.7 Å². The van der Waals surface area contributed by atoms with Gasteiger partial charge in [0.1, 0.15) is 0 Å². The molecule has 0 radical (unpaired) electrons. The van der Waals surface area contributed by atoms with Crippen LogP contribution < -0.4 is 12.3 Å². The summed E-state index contributed by atoms with van der Waals surface area (Å²) in [7, 11) is 0. The van der Waals surface area contributed by atoms with Crippen LogP contribution in [0.5, 0.6) is 0 Å². The second kappa shape index (κ2) is 16.5. The molecule has 0 aliphatic rings. The molecule has 0 amide bonds. The molecule has 0 heterocycles. The van der Waals surface area contributed by atoms with Crippen molar-refractivity contribution in [1.29, 1.82) is 0 Å². The Labute approximate surface area is 201 Å². The fourth-order valence-electron chi connectivity index (χ4n) is 1.74. The van der Waals surface area contributed by atoms with Crippen LogP contribution in [0, 0.1) is 5.92 Å². The molecule has 2 rings (SSSR count). The van der Waals surface area contributed by atoms with E-state index in [1.54, 1.807) is 0 Å². The van der Waals surface area contributed by atoms with Gasteiger partial charge in [-0.25, -0.2) is 0 Å². The predicted molar refractivity (Wildman–Crippen MR) is 134 cm³/mol. The SMILES string of the molecule is CC(=O)/C=C(\C)[O-].CC(C)COP(=S)([S-])S.c1cc[c]([Sn+2][c]2ccccc2)cc1. The molecule has 29 heavy (non-hydrogen) atoms. The number of hydrogen-bond acceptors (Lipinski definition) is 5. The van der Waals surface area contributed by atoms with Crippen molar-refractivity contribution in [2.75, 3.05) is 6.61 Å². The van der Waals surface area contributed by atoms with Crippen molar-refractivity contribution >= 4 is 75.1 Å². The van der Waals surface area contributed by atoms with Crippen molar-refractivity contribution in [2.45, 2.75) is 27.7 Å². The Morgan fingerprint density at radius 1 is 1.14 bits per heavy atom. The molecule has 0 saturated heterocycles. The van der Waals surface area contributed by atoms with Gasteiger partial charge < -0.3 is 21.9 Å². The van der Waals surface area contributed by atoms with E-state index in [1.807, 2.05) is 13.8 Å². The van der Waals surface area contributed by atoms with Crippen LogP contribution >= 0.6 is 16.9 Å². The van der Waals surface area contributed by atoms with E-state index in [4.69, 9.17) is 28.6 Å². The first-order valence-corrected chi connectivity index (χ1v) is 16.6. The summed E-state index contributed by atoms with van der Waals surface area (Å²) in [6, 6.07) is 21.6. The fourth-order valence-corrected chi connectivity index (χ4v) is 5.79. The van der Waals surface area contributed by atoms with E-state index < -0.39 is 25.8 Å². The predicted octanol–water partition coefficient (Wildman–Crippen LogP) is 3.54. The Hall–Kier alpha value is -0.241. The molecule has 0 spiro atoms. The van der Waals surface area contributed by atoms with Crippen molar-refractivity contribution in [2.24, 2.45) is 5.92 Å². The van der Waals surface area contributed by atoms with Gasteiger partial charge in [0.2, 0.25) is 0 Å². The molecular formula is C21H27O3PS3Sn. The van der Waals surface area contributed by atoms with Crippen LogP contribution in [0.4, 0.5) is 0 Å². The number of ketones is 1. The fraction of sp³-hybridized carbons (Fsp3) is 0.286. The minimum atomic E-state index is -2.11. The third-order valence-corrected chi connectivity index (χ3v) is 7.82. The molecule has 0 aromatic heterocycles. The van der Waals surface area contributed by atoms with Crippen molar-refractivity contribution < 1.29 is 14.4 Å². The van der Waals surface area contributed by atoms with Gasteiger partial charge >= 0.3 is 89.0 Å². The number of rotatable bonds is 6. The summed E-state index contributed by atoms with van der Waals surface area (Å²) in [5.41, 5.74) is 0. The van der Waals surface area contributed by atoms with Crippen molar-refractivity contribution in [3.8, 4) is 0 Å². The summed E-state index contributed by atoms with van der Waals surface area (Å²) in [4.78, 5) is 9.98. The topological polar surface area (TPSA) is 49.4 Å². The van der Waals surface area contributed by atoms with E-state index in [0.29, 0.717) is 12.5 Å². The van der Waals surface area contributed by atoms with Gasteiger partial charge in [0.25, 0.3) is 0 Å². The summed E-state index contributed by atoms with van der Waals surface area (Å²) in [6.45, 7) is 7.43. The quantitative estimate of drug-likeness (QED) is 0.143. The zero-order chi connectivity index (χ0) is 22.3. The maximum absolute atomic E-state index is 9.98. The second-order valence-electron chi connectivity index (χ2n) is 6.38. The standard InChI is InChI=1S/2C6H5.C5H8O2.C4H11OPS3.Sn/c2*1-2-4-6-5-3-1;1-4(6)3-5(2)7;1-4(2)3-5-6(7,8)9;/h2*1-5H;3,6H,1-2H3;4H,3H2,1-2H3,(H2,7,8,9);/q;;;;+2/p-2/b;;4-3+;;. The summed E-state index contributed by atoms with van der Waals surface area (Å²) in [5.74, 6) is 0.113. The Bertz CT molecular complexity index is 737. The maximum atomic E-state index is 9.98. The average Bonchev–Trinajstić information content (AvgIpc) is 2.61. The van der Waals surface area contributed by atoms with Gasteiger partial charge in [-0.2, -0.15) is 0 Å². The normalized spacial score (nSPS) is 12.4. The Morgan fingerprint density at radius 3 is 1.76 bits per heavy atom. The number of allylic oxidation sites excluding steroid dienone is 2. The van der Waals surface area contributed by atoms with Crippen LogP contribution in [-0.2, 0) is 33.4 Å². The Morgan fingerprint density at radius 2 is 1.55 bits per heavy atom. The second-order valence-corrected chi connectivity index (χ2v) is 18.7. The van der Waals surface area contributed by atoms with Gasteiger partial charge in [0.15, 0.2) is 5.78 Å². The van der Waals surface area contributed by atoms with Gasteiger partial charge in [-0.05, 0) is 23.6 Å². The molecule has 0 bridgehead atoms. The molecule has 1 atom stereocenters. The van der Waals surface area contributed by atoms with Gasteiger partial charge in [-0.15, -0.1) is 18.0 Å². The summed E-state index contributed by atoms with van der Waals surface area (Å²) >= 11 is 13.0. The van der Waals surface area contributed by atoms with Gasteiger partial charge in [-0.3, -0.25) is 4.79 Å². The Kier molecular flexibility index (Phi) is 16.3. The monoisotopic (exact) mass is 574 g/mol. The van der Waals surface area contributed by atoms with Crippen LogP contribution in [-0.4, -0.2) is 33.5 Å². The van der Waals surface area contributed by atoms with Crippen LogP contribution in [0.25, 0.3) is 0 Å². The zero-order valence-electron chi connectivity index (χ0n) is 17.1. The number of hydrogen-bond donors (Lipinski definition) is 1. The molecule has 0 aliphatic carbocycles. The molecular weight excluding hydrogens is 546 g/mol. The first-order valence-electron chi connectivity index (χ1n) is 8.91. The molecule has 2 aromatic carbocycles. The molecule has 3 nitrogen and oxygen atoms in total. The Balaban J connectivity index is 0.000000433. The van der Waals surface area contributed by atoms with Crippen LogP contribution in [0.15, 0.2) is 72.5 Å². The first kappa shape index (κ1) is 28.8. The van der Waals surface area contributed by atoms with Gasteiger partial charge in [-0.1, -0.05) is 32.6 Å². The molecule has 0 saturated carbocycles. The number of thiol groups is 1. The molecule has 2 aromatic rings. The van der Waals surface area contributed by atoms with E-state index in [-0.39, 0.29) is 11.5 Å². The van der Waals surface area contributed by atoms with Crippen molar-refractivity contribution in [3.63, 3.8) is 0 Å². The van der Waals surface area contributed by atoms with E-state index in [1.165, 1.54) is 21.0 Å².